The summed E-state index contributed by atoms with van der Waals surface area (Å²) in [5.74, 6) is 1.23. The minimum absolute atomic E-state index is 0.159. The van der Waals surface area contributed by atoms with E-state index in [1.165, 1.54) is 5.56 Å². The van der Waals surface area contributed by atoms with E-state index in [0.717, 1.165) is 41.2 Å². The molecule has 3 aromatic rings. The summed E-state index contributed by atoms with van der Waals surface area (Å²) >= 11 is 0. The average Bonchev–Trinajstić information content (AvgIpc) is 3.07. The Balaban J connectivity index is 1.69. The van der Waals surface area contributed by atoms with Gasteiger partial charge < -0.3 is 14.4 Å². The van der Waals surface area contributed by atoms with Crippen LogP contribution in [0.1, 0.15) is 36.1 Å². The van der Waals surface area contributed by atoms with E-state index in [-0.39, 0.29) is 12.2 Å². The molecular weight excluding hydrogens is 375 g/mol. The number of benzene rings is 2. The number of carboxylic acids is 1. The molecule has 1 aromatic heterocycles. The zero-order chi connectivity index (χ0) is 21.5. The Labute approximate surface area is 179 Å². The van der Waals surface area contributed by atoms with Crippen LogP contribution in [0.3, 0.4) is 0 Å². The molecule has 30 heavy (non-hydrogen) atoms. The van der Waals surface area contributed by atoms with Crippen molar-refractivity contribution in [3.05, 3.63) is 71.5 Å². The number of hydrogen-bond acceptors (Lipinski definition) is 3. The van der Waals surface area contributed by atoms with E-state index in [9.17, 15) is 4.79 Å². The van der Waals surface area contributed by atoms with Crippen LogP contribution in [0.2, 0.25) is 5.82 Å². The van der Waals surface area contributed by atoms with Crippen molar-refractivity contribution >= 4 is 13.8 Å². The van der Waals surface area contributed by atoms with Gasteiger partial charge in [0.1, 0.15) is 19.4 Å². The zero-order valence-electron chi connectivity index (χ0n) is 18.0. The molecule has 1 N–H and O–H groups in total. The third-order valence-corrected chi connectivity index (χ3v) is 5.29. The highest BCUT2D eigenvalue weighted by atomic mass is 16.5. The fraction of sp³-hybridized carbons (Fsp3) is 0.333. The number of carbonyl (C=O) groups is 1. The van der Waals surface area contributed by atoms with Gasteiger partial charge in [-0.15, -0.1) is 0 Å². The molecule has 0 unspecified atom stereocenters. The van der Waals surface area contributed by atoms with Gasteiger partial charge in [0.25, 0.3) is 0 Å². The third-order valence-electron chi connectivity index (χ3n) is 5.29. The standard InChI is InChI=1S/C24H29BN2O3/c1-17-9-11-19(12-10-17)24-26-15-18(2)27(24)16-20-6-3-4-8-22(20)30-13-5-7-21(25)14-23(28)29/h3-4,6,8-12,15,21H,5,7,13-14,16,25H2,1-2H3,(H,28,29)/t21-/m1/s1. The van der Waals surface area contributed by atoms with Gasteiger partial charge >= 0.3 is 5.97 Å². The number of rotatable bonds is 10. The maximum Gasteiger partial charge on any atom is 0.302 e. The van der Waals surface area contributed by atoms with Crippen LogP contribution in [-0.2, 0) is 11.3 Å². The molecule has 2 aromatic carbocycles. The highest BCUT2D eigenvalue weighted by Gasteiger charge is 2.13. The van der Waals surface area contributed by atoms with Gasteiger partial charge in [0.2, 0.25) is 0 Å². The number of imidazole rings is 1. The van der Waals surface area contributed by atoms with Gasteiger partial charge in [-0.2, -0.15) is 0 Å². The molecule has 0 aliphatic rings. The largest absolute Gasteiger partial charge is 0.493 e. The summed E-state index contributed by atoms with van der Waals surface area (Å²) in [6.45, 7) is 5.41. The molecule has 1 heterocycles. The van der Waals surface area contributed by atoms with Crippen LogP contribution in [0.4, 0.5) is 0 Å². The minimum atomic E-state index is -0.742. The van der Waals surface area contributed by atoms with E-state index in [0.29, 0.717) is 13.2 Å². The van der Waals surface area contributed by atoms with Gasteiger partial charge in [-0.3, -0.25) is 4.79 Å². The van der Waals surface area contributed by atoms with Gasteiger partial charge in [-0.1, -0.05) is 60.3 Å². The first-order valence-corrected chi connectivity index (χ1v) is 10.5. The van der Waals surface area contributed by atoms with Crippen molar-refractivity contribution in [2.75, 3.05) is 6.61 Å². The maximum atomic E-state index is 10.8. The number of aliphatic carboxylic acids is 1. The molecule has 156 valence electrons. The number of aromatic nitrogens is 2. The van der Waals surface area contributed by atoms with Crippen molar-refractivity contribution in [2.45, 2.75) is 45.5 Å². The van der Waals surface area contributed by atoms with Crippen molar-refractivity contribution in [1.29, 1.82) is 0 Å². The minimum Gasteiger partial charge on any atom is -0.493 e. The Bertz CT molecular complexity index is 982. The lowest BCUT2D eigenvalue weighted by Gasteiger charge is -2.15. The second-order valence-electron chi connectivity index (χ2n) is 7.98. The molecule has 0 saturated heterocycles. The van der Waals surface area contributed by atoms with Crippen molar-refractivity contribution < 1.29 is 14.6 Å². The van der Waals surface area contributed by atoms with E-state index < -0.39 is 5.97 Å². The molecule has 0 radical (unpaired) electrons. The zero-order valence-corrected chi connectivity index (χ0v) is 18.0. The van der Waals surface area contributed by atoms with Crippen molar-refractivity contribution in [3.63, 3.8) is 0 Å². The van der Waals surface area contributed by atoms with E-state index in [1.807, 2.05) is 32.2 Å². The average molecular weight is 404 g/mol. The second kappa shape index (κ2) is 10.1. The lowest BCUT2D eigenvalue weighted by Crippen LogP contribution is -2.08. The van der Waals surface area contributed by atoms with Gasteiger partial charge in [-0.05, 0) is 26.3 Å². The van der Waals surface area contributed by atoms with Gasteiger partial charge in [-0.25, -0.2) is 4.98 Å². The molecule has 0 bridgehead atoms. The van der Waals surface area contributed by atoms with Crippen LogP contribution in [0.25, 0.3) is 11.4 Å². The van der Waals surface area contributed by atoms with Crippen molar-refractivity contribution in [2.24, 2.45) is 0 Å². The third kappa shape index (κ3) is 5.75. The molecular formula is C24H29BN2O3. The lowest BCUT2D eigenvalue weighted by molar-refractivity contribution is -0.137. The Morgan fingerprint density at radius 3 is 2.63 bits per heavy atom. The van der Waals surface area contributed by atoms with Crippen LogP contribution >= 0.6 is 0 Å². The summed E-state index contributed by atoms with van der Waals surface area (Å²) in [6, 6.07) is 16.5. The predicted octanol–water partition coefficient (Wildman–Crippen LogP) is 4.27. The lowest BCUT2D eigenvalue weighted by atomic mass is 9.81. The van der Waals surface area contributed by atoms with Gasteiger partial charge in [0, 0.05) is 29.4 Å². The molecule has 0 spiro atoms. The van der Waals surface area contributed by atoms with Gasteiger partial charge in [0.15, 0.2) is 0 Å². The number of carboxylic acid groups (broad SMARTS) is 1. The number of hydrogen-bond donors (Lipinski definition) is 1. The number of aryl methyl sites for hydroxylation is 2. The monoisotopic (exact) mass is 404 g/mol. The van der Waals surface area contributed by atoms with E-state index >= 15 is 0 Å². The second-order valence-corrected chi connectivity index (χ2v) is 7.98. The van der Waals surface area contributed by atoms with Gasteiger partial charge in [0.05, 0.1) is 13.2 Å². The van der Waals surface area contributed by atoms with E-state index in [4.69, 9.17) is 9.84 Å². The molecule has 0 amide bonds. The van der Waals surface area contributed by atoms with Crippen molar-refractivity contribution in [1.82, 2.24) is 9.55 Å². The first-order valence-electron chi connectivity index (χ1n) is 10.5. The quantitative estimate of drug-likeness (QED) is 0.405. The van der Waals surface area contributed by atoms with Crippen LogP contribution in [0.15, 0.2) is 54.7 Å². The van der Waals surface area contributed by atoms with Crippen LogP contribution in [0.5, 0.6) is 5.75 Å². The molecule has 1 atom stereocenters. The van der Waals surface area contributed by atoms with Crippen molar-refractivity contribution in [3.8, 4) is 17.1 Å². The molecule has 0 aliphatic carbocycles. The maximum absolute atomic E-state index is 10.8. The highest BCUT2D eigenvalue weighted by molar-refractivity contribution is 6.12. The Kier molecular flexibility index (Phi) is 7.33. The molecule has 0 aliphatic heterocycles. The first-order chi connectivity index (χ1) is 14.4. The smallest absolute Gasteiger partial charge is 0.302 e. The Morgan fingerprint density at radius 1 is 1.17 bits per heavy atom. The summed E-state index contributed by atoms with van der Waals surface area (Å²) < 4.78 is 8.27. The number of para-hydroxylation sites is 1. The molecule has 0 fully saturated rings. The molecule has 0 saturated carbocycles. The fourth-order valence-electron chi connectivity index (χ4n) is 3.55. The van der Waals surface area contributed by atoms with E-state index in [2.05, 4.69) is 53.7 Å². The first kappa shape index (κ1) is 21.7. The van der Waals surface area contributed by atoms with E-state index in [1.54, 1.807) is 0 Å². The Morgan fingerprint density at radius 2 is 1.90 bits per heavy atom. The summed E-state index contributed by atoms with van der Waals surface area (Å²) in [5, 5.41) is 8.88. The topological polar surface area (TPSA) is 64.4 Å². The number of ether oxygens (including phenoxy) is 1. The molecule has 5 nitrogen and oxygen atoms in total. The van der Waals surface area contributed by atoms with Crippen LogP contribution in [0, 0.1) is 13.8 Å². The normalized spacial score (nSPS) is 11.9. The Hall–Kier alpha value is -3.02. The fourth-order valence-corrected chi connectivity index (χ4v) is 3.55. The SMILES string of the molecule is B[C@H](CCCOc1ccccc1Cn1c(C)cnc1-c1ccc(C)cc1)CC(=O)O. The highest BCUT2D eigenvalue weighted by Crippen LogP contribution is 2.25. The summed E-state index contributed by atoms with van der Waals surface area (Å²) in [6.07, 6.45) is 3.79. The summed E-state index contributed by atoms with van der Waals surface area (Å²) in [4.78, 5) is 15.4. The predicted molar refractivity (Wildman–Crippen MR) is 122 cm³/mol. The molecule has 6 heteroatoms. The summed E-state index contributed by atoms with van der Waals surface area (Å²) in [5.41, 5.74) is 4.53. The van der Waals surface area contributed by atoms with Crippen LogP contribution in [-0.4, -0.2) is 35.1 Å². The molecule has 3 rings (SSSR count). The number of nitrogens with zero attached hydrogens (tertiary/aromatic N) is 2. The summed E-state index contributed by atoms with van der Waals surface area (Å²) in [7, 11) is 1.97. The van der Waals surface area contributed by atoms with Crippen LogP contribution < -0.4 is 4.74 Å².